The number of aliphatic carboxylic acids is 1. The van der Waals surface area contributed by atoms with Crippen molar-refractivity contribution in [1.82, 2.24) is 4.98 Å². The lowest BCUT2D eigenvalue weighted by Crippen LogP contribution is -2.92. The van der Waals surface area contributed by atoms with Gasteiger partial charge in [0, 0.05) is 31.7 Å². The van der Waals surface area contributed by atoms with Crippen molar-refractivity contribution in [2.24, 2.45) is 0 Å². The Labute approximate surface area is 146 Å². The molecule has 7 nitrogen and oxygen atoms in total. The molecule has 7 heteroatoms. The molecule has 0 spiro atoms. The third-order valence-electron chi connectivity index (χ3n) is 3.71. The molecule has 1 atom stereocenters. The molecule has 0 fully saturated rings. The summed E-state index contributed by atoms with van der Waals surface area (Å²) in [6, 6.07) is 11.7. The van der Waals surface area contributed by atoms with Crippen LogP contribution in [0.1, 0.15) is 12.1 Å². The number of benzene rings is 1. The Hall–Kier alpha value is -2.93. The zero-order chi connectivity index (χ0) is 18.2. The Morgan fingerprint density at radius 3 is 2.48 bits per heavy atom. The summed E-state index contributed by atoms with van der Waals surface area (Å²) in [5.74, 6) is -1.64. The van der Waals surface area contributed by atoms with Gasteiger partial charge in [0.2, 0.25) is 5.91 Å². The van der Waals surface area contributed by atoms with E-state index in [1.165, 1.54) is 0 Å². The molecule has 1 aromatic heterocycles. The molecule has 0 aliphatic rings. The average molecular weight is 342 g/mol. The lowest BCUT2D eigenvalue weighted by atomic mass is 10.2. The van der Waals surface area contributed by atoms with Crippen molar-refractivity contribution in [3.8, 4) is 0 Å². The fraction of sp³-hybridized carbons (Fsp3) is 0.278. The third-order valence-corrected chi connectivity index (χ3v) is 3.71. The molecule has 0 radical (unpaired) electrons. The summed E-state index contributed by atoms with van der Waals surface area (Å²) in [7, 11) is 3.85. The Balaban J connectivity index is 1.90. The van der Waals surface area contributed by atoms with Gasteiger partial charge in [0.1, 0.15) is 12.6 Å². The van der Waals surface area contributed by atoms with E-state index in [9.17, 15) is 14.7 Å². The van der Waals surface area contributed by atoms with E-state index in [-0.39, 0.29) is 12.3 Å². The van der Waals surface area contributed by atoms with Gasteiger partial charge in [-0.05, 0) is 36.4 Å². The van der Waals surface area contributed by atoms with E-state index in [4.69, 9.17) is 0 Å². The quantitative estimate of drug-likeness (QED) is 0.664. The number of hydrogen-bond donors (Lipinski definition) is 2. The number of nitrogens with zero attached hydrogens (tertiary/aromatic N) is 2. The van der Waals surface area contributed by atoms with Gasteiger partial charge in [-0.3, -0.25) is 9.78 Å². The monoisotopic (exact) mass is 342 g/mol. The van der Waals surface area contributed by atoms with Crippen molar-refractivity contribution in [2.45, 2.75) is 19.0 Å². The van der Waals surface area contributed by atoms with Crippen LogP contribution in [-0.4, -0.2) is 37.0 Å². The van der Waals surface area contributed by atoms with Crippen molar-refractivity contribution in [3.05, 3.63) is 54.4 Å². The first kappa shape index (κ1) is 18.4. The largest absolute Gasteiger partial charge is 0.544 e. The van der Waals surface area contributed by atoms with Gasteiger partial charge in [-0.2, -0.15) is 0 Å². The maximum Gasteiger partial charge on any atom is 0.230 e. The summed E-state index contributed by atoms with van der Waals surface area (Å²) in [5, 5.41) is 15.5. The number of quaternary nitrogens is 1. The van der Waals surface area contributed by atoms with Gasteiger partial charge in [-0.25, -0.2) is 0 Å². The molecule has 0 bridgehead atoms. The predicted molar refractivity (Wildman–Crippen MR) is 92.7 cm³/mol. The molecular formula is C18H22N4O3. The van der Waals surface area contributed by atoms with Gasteiger partial charge < -0.3 is 25.4 Å². The molecule has 0 saturated heterocycles. The fourth-order valence-electron chi connectivity index (χ4n) is 2.30. The summed E-state index contributed by atoms with van der Waals surface area (Å²) in [4.78, 5) is 29.5. The Kier molecular flexibility index (Phi) is 6.47. The number of nitrogens with two attached hydrogens (primary N) is 1. The maximum absolute atomic E-state index is 12.1. The number of carbonyl (C=O) groups excluding carboxylic acids is 2. The van der Waals surface area contributed by atoms with Crippen LogP contribution in [0.3, 0.4) is 0 Å². The lowest BCUT2D eigenvalue weighted by Gasteiger charge is -2.17. The summed E-state index contributed by atoms with van der Waals surface area (Å²) in [5.41, 5.74) is 2.38. The molecule has 2 aromatic rings. The van der Waals surface area contributed by atoms with E-state index in [1.807, 2.05) is 37.2 Å². The Morgan fingerprint density at radius 2 is 1.92 bits per heavy atom. The second-order valence-electron chi connectivity index (χ2n) is 5.88. The zero-order valence-electron chi connectivity index (χ0n) is 14.3. The van der Waals surface area contributed by atoms with E-state index in [0.717, 1.165) is 11.4 Å². The minimum absolute atomic E-state index is 0.176. The van der Waals surface area contributed by atoms with Crippen LogP contribution in [0.4, 0.5) is 11.4 Å². The molecule has 0 aliphatic heterocycles. The molecule has 1 heterocycles. The van der Waals surface area contributed by atoms with E-state index < -0.39 is 12.0 Å². The van der Waals surface area contributed by atoms with Crippen molar-refractivity contribution in [3.63, 3.8) is 0 Å². The fourth-order valence-corrected chi connectivity index (χ4v) is 2.30. The van der Waals surface area contributed by atoms with E-state index in [0.29, 0.717) is 12.2 Å². The molecular weight excluding hydrogens is 320 g/mol. The summed E-state index contributed by atoms with van der Waals surface area (Å²) >= 11 is 0. The lowest BCUT2D eigenvalue weighted by molar-refractivity contribution is -0.697. The number of amides is 1. The van der Waals surface area contributed by atoms with Gasteiger partial charge in [-0.15, -0.1) is 0 Å². The van der Waals surface area contributed by atoms with Crippen LogP contribution >= 0.6 is 0 Å². The second-order valence-corrected chi connectivity index (χ2v) is 5.88. The number of carboxylic acids is 1. The molecule has 0 aliphatic carbocycles. The van der Waals surface area contributed by atoms with Gasteiger partial charge in [0.25, 0.3) is 0 Å². The zero-order valence-corrected chi connectivity index (χ0v) is 14.3. The molecule has 1 aromatic carbocycles. The van der Waals surface area contributed by atoms with Crippen LogP contribution in [0.15, 0.2) is 48.7 Å². The number of pyridine rings is 1. The number of rotatable bonds is 8. The van der Waals surface area contributed by atoms with Gasteiger partial charge in [0.15, 0.2) is 0 Å². The van der Waals surface area contributed by atoms with Crippen LogP contribution in [0.5, 0.6) is 0 Å². The van der Waals surface area contributed by atoms with E-state index in [2.05, 4.69) is 10.3 Å². The number of carbonyl (C=O) groups is 2. The van der Waals surface area contributed by atoms with Crippen LogP contribution in [0.2, 0.25) is 0 Å². The van der Waals surface area contributed by atoms with Crippen molar-refractivity contribution in [1.29, 1.82) is 0 Å². The van der Waals surface area contributed by atoms with Crippen molar-refractivity contribution < 1.29 is 20.0 Å². The molecule has 25 heavy (non-hydrogen) atoms. The molecule has 0 saturated carbocycles. The maximum atomic E-state index is 12.1. The smallest absolute Gasteiger partial charge is 0.230 e. The Morgan fingerprint density at radius 1 is 1.20 bits per heavy atom. The van der Waals surface area contributed by atoms with Gasteiger partial charge >= 0.3 is 0 Å². The van der Waals surface area contributed by atoms with Crippen molar-refractivity contribution in [2.75, 3.05) is 24.3 Å². The normalized spacial score (nSPS) is 11.6. The number of nitrogens with one attached hydrogen (secondary N) is 1. The van der Waals surface area contributed by atoms with E-state index in [1.54, 1.807) is 35.8 Å². The minimum Gasteiger partial charge on any atom is -0.544 e. The third kappa shape index (κ3) is 5.89. The van der Waals surface area contributed by atoms with Crippen LogP contribution in [0, 0.1) is 0 Å². The second kappa shape index (κ2) is 8.79. The number of hydrogen-bond acceptors (Lipinski definition) is 5. The molecule has 0 unspecified atom stereocenters. The molecule has 132 valence electrons. The minimum atomic E-state index is -1.27. The molecule has 2 rings (SSSR count). The summed E-state index contributed by atoms with van der Waals surface area (Å²) < 4.78 is 0. The number of carboxylic acid groups (broad SMARTS) is 1. The van der Waals surface area contributed by atoms with E-state index >= 15 is 0 Å². The van der Waals surface area contributed by atoms with Gasteiger partial charge in [-0.1, -0.05) is 6.07 Å². The molecule has 1 amide bonds. The summed E-state index contributed by atoms with van der Waals surface area (Å²) in [6.45, 7) is 0.365. The predicted octanol–water partition coefficient (Wildman–Crippen LogP) is -0.642. The highest BCUT2D eigenvalue weighted by Crippen LogP contribution is 2.15. The molecule has 3 N–H and O–H groups in total. The standard InChI is InChI=1S/C18H22N4O3/c1-22(2)15-8-6-13(7-9-15)21-17(23)11-16(18(24)25)20-12-14-5-3-4-10-19-14/h3-10,16,20H,11-12H2,1-2H3,(H,21,23)(H,24,25)/t16-/m1/s1. The number of aromatic nitrogens is 1. The van der Waals surface area contributed by atoms with Gasteiger partial charge in [0.05, 0.1) is 18.1 Å². The highest BCUT2D eigenvalue weighted by Gasteiger charge is 2.18. The first-order chi connectivity index (χ1) is 12.0. The van der Waals surface area contributed by atoms with Crippen LogP contribution in [-0.2, 0) is 16.1 Å². The summed E-state index contributed by atoms with van der Waals surface area (Å²) in [6.07, 6.45) is 1.46. The highest BCUT2D eigenvalue weighted by atomic mass is 16.4. The average Bonchev–Trinajstić information content (AvgIpc) is 2.59. The topological polar surface area (TPSA) is 102 Å². The first-order valence-electron chi connectivity index (χ1n) is 7.97. The van der Waals surface area contributed by atoms with Crippen LogP contribution in [0.25, 0.3) is 0 Å². The SMILES string of the molecule is CN(C)c1ccc(NC(=O)C[C@@H]([NH2+]Cc2ccccn2)C(=O)[O-])cc1. The van der Waals surface area contributed by atoms with Crippen molar-refractivity contribution >= 4 is 23.3 Å². The first-order valence-corrected chi connectivity index (χ1v) is 7.97. The highest BCUT2D eigenvalue weighted by molar-refractivity contribution is 5.93. The number of anilines is 2. The Bertz CT molecular complexity index is 702. The van der Waals surface area contributed by atoms with Crippen LogP contribution < -0.4 is 20.6 Å².